The third-order valence-corrected chi connectivity index (χ3v) is 3.61. The van der Waals surface area contributed by atoms with Crippen LogP contribution in [-0.4, -0.2) is 40.4 Å². The molecule has 0 bridgehead atoms. The van der Waals surface area contributed by atoms with Crippen molar-refractivity contribution >= 4 is 11.0 Å². The summed E-state index contributed by atoms with van der Waals surface area (Å²) in [6, 6.07) is 3.75. The maximum absolute atomic E-state index is 12.1. The average Bonchev–Trinajstić information content (AvgIpc) is 2.47. The Morgan fingerprint density at radius 3 is 3.05 bits per heavy atom. The summed E-state index contributed by atoms with van der Waals surface area (Å²) in [5, 5.41) is 2.85. The standard InChI is InChI=1S/C14H18N4O2/c1-10(2)12-9-17(6-7-20-12)18-13-11(4-3-5-15-13)8-16-14(18)19/h3-5,8,10,12H,6-7,9H2,1-2H3. The second-order valence-electron chi connectivity index (χ2n) is 5.33. The van der Waals surface area contributed by atoms with Gasteiger partial charge in [-0.1, -0.05) is 13.8 Å². The van der Waals surface area contributed by atoms with Crippen molar-refractivity contribution in [2.24, 2.45) is 5.92 Å². The molecule has 2 aromatic heterocycles. The van der Waals surface area contributed by atoms with Crippen molar-refractivity contribution in [1.29, 1.82) is 0 Å². The number of hydrogen-bond acceptors (Lipinski definition) is 5. The van der Waals surface area contributed by atoms with Crippen LogP contribution in [0.5, 0.6) is 0 Å². The predicted molar refractivity (Wildman–Crippen MR) is 76.3 cm³/mol. The lowest BCUT2D eigenvalue weighted by atomic mass is 10.1. The zero-order valence-electron chi connectivity index (χ0n) is 11.7. The summed E-state index contributed by atoms with van der Waals surface area (Å²) in [6.07, 6.45) is 3.38. The zero-order valence-corrected chi connectivity index (χ0v) is 11.7. The lowest BCUT2D eigenvalue weighted by Crippen LogP contribution is -2.54. The predicted octanol–water partition coefficient (Wildman–Crippen LogP) is 0.784. The summed E-state index contributed by atoms with van der Waals surface area (Å²) in [5.41, 5.74) is 0.359. The van der Waals surface area contributed by atoms with Crippen LogP contribution in [0.25, 0.3) is 11.0 Å². The van der Waals surface area contributed by atoms with Gasteiger partial charge in [0.05, 0.1) is 25.8 Å². The smallest absolute Gasteiger partial charge is 0.368 e. The van der Waals surface area contributed by atoms with E-state index in [1.165, 1.54) is 0 Å². The minimum atomic E-state index is -0.291. The third kappa shape index (κ3) is 2.27. The van der Waals surface area contributed by atoms with Gasteiger partial charge in [0, 0.05) is 17.8 Å². The Kier molecular flexibility index (Phi) is 3.40. The normalized spacial score (nSPS) is 19.8. The van der Waals surface area contributed by atoms with Gasteiger partial charge in [-0.25, -0.2) is 9.78 Å². The summed E-state index contributed by atoms with van der Waals surface area (Å²) in [5.74, 6) is 0.407. The molecular formula is C14H18N4O2. The SMILES string of the molecule is CC(C)C1CN(n2c(=O)ncc3cccnc32)CCO1. The summed E-state index contributed by atoms with van der Waals surface area (Å²) < 4.78 is 7.32. The first-order valence-electron chi connectivity index (χ1n) is 6.86. The van der Waals surface area contributed by atoms with Crippen LogP contribution in [0, 0.1) is 5.92 Å². The van der Waals surface area contributed by atoms with E-state index < -0.39 is 0 Å². The largest absolute Gasteiger partial charge is 0.374 e. The van der Waals surface area contributed by atoms with E-state index in [0.717, 1.165) is 5.39 Å². The molecule has 0 aromatic carbocycles. The van der Waals surface area contributed by atoms with Gasteiger partial charge in [-0.05, 0) is 18.1 Å². The maximum atomic E-state index is 12.1. The Hall–Kier alpha value is -1.95. The summed E-state index contributed by atoms with van der Waals surface area (Å²) in [6.45, 7) is 6.20. The average molecular weight is 274 g/mol. The van der Waals surface area contributed by atoms with Gasteiger partial charge in [0.25, 0.3) is 0 Å². The molecule has 0 radical (unpaired) electrons. The van der Waals surface area contributed by atoms with E-state index in [4.69, 9.17) is 4.74 Å². The third-order valence-electron chi connectivity index (χ3n) is 3.61. The van der Waals surface area contributed by atoms with Crippen molar-refractivity contribution in [3.63, 3.8) is 0 Å². The number of ether oxygens (including phenoxy) is 1. The highest BCUT2D eigenvalue weighted by molar-refractivity contribution is 5.73. The van der Waals surface area contributed by atoms with E-state index in [-0.39, 0.29) is 11.8 Å². The first-order chi connectivity index (χ1) is 9.66. The van der Waals surface area contributed by atoms with Crippen molar-refractivity contribution in [2.75, 3.05) is 24.7 Å². The summed E-state index contributed by atoms with van der Waals surface area (Å²) >= 11 is 0. The van der Waals surface area contributed by atoms with Crippen LogP contribution in [0.1, 0.15) is 13.8 Å². The van der Waals surface area contributed by atoms with Gasteiger partial charge in [0.2, 0.25) is 0 Å². The topological polar surface area (TPSA) is 60.2 Å². The first kappa shape index (κ1) is 13.1. The van der Waals surface area contributed by atoms with Crippen LogP contribution in [0.4, 0.5) is 0 Å². The van der Waals surface area contributed by atoms with E-state index in [9.17, 15) is 4.79 Å². The van der Waals surface area contributed by atoms with Crippen molar-refractivity contribution in [3.8, 4) is 0 Å². The molecule has 1 unspecified atom stereocenters. The molecule has 1 atom stereocenters. The van der Waals surface area contributed by atoms with Crippen molar-refractivity contribution < 1.29 is 4.74 Å². The van der Waals surface area contributed by atoms with Crippen molar-refractivity contribution in [3.05, 3.63) is 35.0 Å². The molecule has 0 saturated carbocycles. The zero-order chi connectivity index (χ0) is 14.1. The Morgan fingerprint density at radius 2 is 2.25 bits per heavy atom. The number of fused-ring (bicyclic) bond motifs is 1. The molecule has 106 valence electrons. The fraction of sp³-hybridized carbons (Fsp3) is 0.500. The molecule has 1 saturated heterocycles. The van der Waals surface area contributed by atoms with Gasteiger partial charge in [0.15, 0.2) is 5.65 Å². The molecule has 6 heteroatoms. The van der Waals surface area contributed by atoms with E-state index in [1.807, 2.05) is 17.1 Å². The molecule has 2 aromatic rings. The molecule has 20 heavy (non-hydrogen) atoms. The monoisotopic (exact) mass is 274 g/mol. The molecule has 1 aliphatic heterocycles. The Balaban J connectivity index is 2.05. The summed E-state index contributed by atoms with van der Waals surface area (Å²) in [4.78, 5) is 20.4. The van der Waals surface area contributed by atoms with Crippen molar-refractivity contribution in [2.45, 2.75) is 20.0 Å². The number of aromatic nitrogens is 3. The van der Waals surface area contributed by atoms with Crippen molar-refractivity contribution in [1.82, 2.24) is 14.6 Å². The quantitative estimate of drug-likeness (QED) is 0.810. The Labute approximate surface area is 117 Å². The molecule has 0 N–H and O–H groups in total. The second kappa shape index (κ2) is 5.20. The van der Waals surface area contributed by atoms with Gasteiger partial charge in [0.1, 0.15) is 0 Å². The van der Waals surface area contributed by atoms with Crippen LogP contribution < -0.4 is 10.7 Å². The van der Waals surface area contributed by atoms with Crippen LogP contribution in [0.15, 0.2) is 29.3 Å². The Bertz CT molecular complexity index is 668. The molecule has 0 amide bonds. The van der Waals surface area contributed by atoms with E-state index in [0.29, 0.717) is 31.3 Å². The summed E-state index contributed by atoms with van der Waals surface area (Å²) in [7, 11) is 0. The molecule has 6 nitrogen and oxygen atoms in total. The van der Waals surface area contributed by atoms with E-state index in [2.05, 4.69) is 23.8 Å². The molecule has 0 aliphatic carbocycles. The first-order valence-corrected chi connectivity index (χ1v) is 6.86. The molecular weight excluding hydrogens is 256 g/mol. The highest BCUT2D eigenvalue weighted by Gasteiger charge is 2.25. The van der Waals surface area contributed by atoms with E-state index >= 15 is 0 Å². The van der Waals surface area contributed by atoms with Crippen LogP contribution in [0.3, 0.4) is 0 Å². The van der Waals surface area contributed by atoms with Gasteiger partial charge < -0.3 is 9.75 Å². The Morgan fingerprint density at radius 1 is 1.40 bits per heavy atom. The van der Waals surface area contributed by atoms with Gasteiger partial charge in [-0.3, -0.25) is 0 Å². The highest BCUT2D eigenvalue weighted by Crippen LogP contribution is 2.14. The number of hydrogen-bond donors (Lipinski definition) is 0. The van der Waals surface area contributed by atoms with Crippen LogP contribution >= 0.6 is 0 Å². The minimum Gasteiger partial charge on any atom is -0.374 e. The molecule has 3 rings (SSSR count). The number of rotatable bonds is 2. The fourth-order valence-electron chi connectivity index (χ4n) is 2.46. The van der Waals surface area contributed by atoms with Crippen LogP contribution in [0.2, 0.25) is 0 Å². The minimum absolute atomic E-state index is 0.120. The van der Waals surface area contributed by atoms with Crippen LogP contribution in [-0.2, 0) is 4.74 Å². The fourth-order valence-corrected chi connectivity index (χ4v) is 2.46. The maximum Gasteiger partial charge on any atom is 0.368 e. The van der Waals surface area contributed by atoms with E-state index in [1.54, 1.807) is 17.1 Å². The molecule has 3 heterocycles. The lowest BCUT2D eigenvalue weighted by molar-refractivity contribution is 0.00337. The lowest BCUT2D eigenvalue weighted by Gasteiger charge is -2.36. The molecule has 1 aliphatic rings. The second-order valence-corrected chi connectivity index (χ2v) is 5.33. The number of morpholine rings is 1. The highest BCUT2D eigenvalue weighted by atomic mass is 16.5. The van der Waals surface area contributed by atoms with Gasteiger partial charge in [-0.15, -0.1) is 0 Å². The van der Waals surface area contributed by atoms with Gasteiger partial charge >= 0.3 is 5.69 Å². The number of nitrogens with zero attached hydrogens (tertiary/aromatic N) is 4. The molecule has 1 fully saturated rings. The number of pyridine rings is 1. The van der Waals surface area contributed by atoms with Gasteiger partial charge in [-0.2, -0.15) is 9.66 Å². The molecule has 0 spiro atoms.